The highest BCUT2D eigenvalue weighted by molar-refractivity contribution is 6.17. The maximum Gasteiger partial charge on any atom is 0.191 e. The fourth-order valence-corrected chi connectivity index (χ4v) is 1.56. The van der Waals surface area contributed by atoms with Gasteiger partial charge in [-0.05, 0) is 13.0 Å². The van der Waals surface area contributed by atoms with Crippen LogP contribution in [0.25, 0.3) is 0 Å². The van der Waals surface area contributed by atoms with Gasteiger partial charge in [-0.25, -0.2) is 0 Å². The smallest absolute Gasteiger partial charge is 0.191 e. The lowest BCUT2D eigenvalue weighted by Crippen LogP contribution is -2.21. The zero-order valence-corrected chi connectivity index (χ0v) is 8.04. The molecule has 0 fully saturated rings. The van der Waals surface area contributed by atoms with Crippen molar-refractivity contribution in [3.63, 3.8) is 0 Å². The fourth-order valence-electron chi connectivity index (χ4n) is 1.37. The van der Waals surface area contributed by atoms with Gasteiger partial charge < -0.3 is 4.89 Å². The number of halogens is 1. The molecule has 1 unspecified atom stereocenters. The summed E-state index contributed by atoms with van der Waals surface area (Å²) in [5, 5.41) is 0. The molecule has 4 heteroatoms. The maximum absolute atomic E-state index is 5.70. The SMILES string of the molecule is CC1Cc2ccnc(CCl)c2OO1. The molecule has 13 heavy (non-hydrogen) atoms. The normalized spacial score (nSPS) is 20.6. The van der Waals surface area contributed by atoms with Crippen molar-refractivity contribution in [2.24, 2.45) is 0 Å². The van der Waals surface area contributed by atoms with Gasteiger partial charge in [0.1, 0.15) is 11.8 Å². The Kier molecular flexibility index (Phi) is 2.38. The molecule has 1 aromatic rings. The van der Waals surface area contributed by atoms with E-state index < -0.39 is 0 Å². The number of rotatable bonds is 1. The predicted octanol–water partition coefficient (Wildman–Crippen LogP) is 2.08. The summed E-state index contributed by atoms with van der Waals surface area (Å²) in [6.07, 6.45) is 2.69. The molecule has 0 amide bonds. The molecule has 0 aliphatic carbocycles. The number of hydrogen-bond donors (Lipinski definition) is 0. The molecule has 70 valence electrons. The van der Waals surface area contributed by atoms with Gasteiger partial charge in [0, 0.05) is 18.2 Å². The highest BCUT2D eigenvalue weighted by Crippen LogP contribution is 2.29. The number of hydrogen-bond acceptors (Lipinski definition) is 3. The Balaban J connectivity index is 2.39. The van der Waals surface area contributed by atoms with Gasteiger partial charge in [0.05, 0.1) is 5.88 Å². The number of aromatic nitrogens is 1. The lowest BCUT2D eigenvalue weighted by atomic mass is 10.1. The minimum absolute atomic E-state index is 0.0954. The van der Waals surface area contributed by atoms with Crippen molar-refractivity contribution in [3.05, 3.63) is 23.5 Å². The molecule has 1 aliphatic heterocycles. The number of alkyl halides is 1. The summed E-state index contributed by atoms with van der Waals surface area (Å²) < 4.78 is 0. The van der Waals surface area contributed by atoms with Gasteiger partial charge in [0.2, 0.25) is 0 Å². The molecule has 0 saturated heterocycles. The van der Waals surface area contributed by atoms with Crippen LogP contribution in [0.4, 0.5) is 0 Å². The van der Waals surface area contributed by atoms with Crippen LogP contribution in [0.2, 0.25) is 0 Å². The molecular weight excluding hydrogens is 190 g/mol. The molecule has 1 aliphatic rings. The average molecular weight is 200 g/mol. The Morgan fingerprint density at radius 3 is 3.31 bits per heavy atom. The van der Waals surface area contributed by atoms with Crippen molar-refractivity contribution in [2.75, 3.05) is 0 Å². The van der Waals surface area contributed by atoms with Crippen LogP contribution in [0.3, 0.4) is 0 Å². The highest BCUT2D eigenvalue weighted by atomic mass is 35.5. The van der Waals surface area contributed by atoms with E-state index in [2.05, 4.69) is 4.98 Å². The second-order valence-corrected chi connectivity index (χ2v) is 3.34. The first-order valence-electron chi connectivity index (χ1n) is 4.17. The topological polar surface area (TPSA) is 31.4 Å². The van der Waals surface area contributed by atoms with E-state index in [-0.39, 0.29) is 6.10 Å². The monoisotopic (exact) mass is 199 g/mol. The maximum atomic E-state index is 5.70. The third-order valence-electron chi connectivity index (χ3n) is 1.99. The first-order valence-corrected chi connectivity index (χ1v) is 4.70. The van der Waals surface area contributed by atoms with Crippen LogP contribution in [-0.4, -0.2) is 11.1 Å². The number of pyridine rings is 1. The summed E-state index contributed by atoms with van der Waals surface area (Å²) in [4.78, 5) is 14.3. The molecule has 1 aromatic heterocycles. The van der Waals surface area contributed by atoms with Crippen LogP contribution >= 0.6 is 11.6 Å². The van der Waals surface area contributed by atoms with Crippen molar-refractivity contribution in [2.45, 2.75) is 25.3 Å². The van der Waals surface area contributed by atoms with Crippen LogP contribution in [-0.2, 0) is 17.2 Å². The Morgan fingerprint density at radius 1 is 1.69 bits per heavy atom. The van der Waals surface area contributed by atoms with E-state index in [1.807, 2.05) is 13.0 Å². The Bertz CT molecular complexity index is 316. The molecule has 3 nitrogen and oxygen atoms in total. The van der Waals surface area contributed by atoms with Gasteiger partial charge in [-0.2, -0.15) is 4.89 Å². The van der Waals surface area contributed by atoms with Crippen molar-refractivity contribution >= 4 is 11.6 Å². The van der Waals surface area contributed by atoms with Gasteiger partial charge in [-0.3, -0.25) is 4.98 Å². The van der Waals surface area contributed by atoms with E-state index in [0.29, 0.717) is 11.6 Å². The van der Waals surface area contributed by atoms with Crippen molar-refractivity contribution < 1.29 is 9.78 Å². The van der Waals surface area contributed by atoms with Crippen molar-refractivity contribution in [1.29, 1.82) is 0 Å². The largest absolute Gasteiger partial charge is 0.335 e. The fraction of sp³-hybridized carbons (Fsp3) is 0.444. The zero-order valence-electron chi connectivity index (χ0n) is 7.29. The minimum Gasteiger partial charge on any atom is -0.335 e. The second-order valence-electron chi connectivity index (χ2n) is 3.07. The van der Waals surface area contributed by atoms with Gasteiger partial charge in [0.25, 0.3) is 0 Å². The Labute approximate surface area is 81.6 Å². The van der Waals surface area contributed by atoms with Crippen LogP contribution in [0, 0.1) is 0 Å². The van der Waals surface area contributed by atoms with Gasteiger partial charge >= 0.3 is 0 Å². The van der Waals surface area contributed by atoms with Crippen LogP contribution in [0.5, 0.6) is 5.75 Å². The Hall–Kier alpha value is -0.800. The zero-order chi connectivity index (χ0) is 9.26. The van der Waals surface area contributed by atoms with Crippen LogP contribution in [0.15, 0.2) is 12.3 Å². The summed E-state index contributed by atoms with van der Waals surface area (Å²) in [6, 6.07) is 1.93. The number of fused-ring (bicyclic) bond motifs is 1. The van der Waals surface area contributed by atoms with E-state index in [0.717, 1.165) is 17.7 Å². The second kappa shape index (κ2) is 3.52. The first-order chi connectivity index (χ1) is 6.31. The quantitative estimate of drug-likeness (QED) is 0.513. The van der Waals surface area contributed by atoms with Crippen molar-refractivity contribution in [3.8, 4) is 5.75 Å². The molecule has 1 atom stereocenters. The summed E-state index contributed by atoms with van der Waals surface area (Å²) >= 11 is 5.70. The van der Waals surface area contributed by atoms with Crippen molar-refractivity contribution in [1.82, 2.24) is 4.98 Å². The third kappa shape index (κ3) is 1.62. The molecule has 0 radical (unpaired) electrons. The van der Waals surface area contributed by atoms with E-state index in [9.17, 15) is 0 Å². The Morgan fingerprint density at radius 2 is 2.54 bits per heavy atom. The standard InChI is InChI=1S/C9H10ClNO2/c1-6-4-7-2-3-11-8(5-10)9(7)13-12-6/h2-3,6H,4-5H2,1H3. The summed E-state index contributed by atoms with van der Waals surface area (Å²) in [7, 11) is 0. The minimum atomic E-state index is 0.0954. The van der Waals surface area contributed by atoms with E-state index in [4.69, 9.17) is 21.4 Å². The molecule has 0 aromatic carbocycles. The average Bonchev–Trinajstić information content (AvgIpc) is 2.16. The van der Waals surface area contributed by atoms with Gasteiger partial charge in [-0.15, -0.1) is 11.6 Å². The molecule has 2 heterocycles. The van der Waals surface area contributed by atoms with Crippen LogP contribution in [0.1, 0.15) is 18.2 Å². The highest BCUT2D eigenvalue weighted by Gasteiger charge is 2.20. The summed E-state index contributed by atoms with van der Waals surface area (Å²) in [5.41, 5.74) is 1.86. The van der Waals surface area contributed by atoms with Gasteiger partial charge in [-0.1, -0.05) is 0 Å². The third-order valence-corrected chi connectivity index (χ3v) is 2.24. The molecular formula is C9H10ClNO2. The molecule has 0 spiro atoms. The predicted molar refractivity (Wildman–Crippen MR) is 48.7 cm³/mol. The molecule has 0 bridgehead atoms. The molecule has 2 rings (SSSR count). The molecule has 0 saturated carbocycles. The van der Waals surface area contributed by atoms with E-state index in [1.165, 1.54) is 0 Å². The van der Waals surface area contributed by atoms with E-state index in [1.54, 1.807) is 6.20 Å². The lowest BCUT2D eigenvalue weighted by molar-refractivity contribution is -0.249. The van der Waals surface area contributed by atoms with E-state index >= 15 is 0 Å². The lowest BCUT2D eigenvalue weighted by Gasteiger charge is -2.21. The number of nitrogens with zero attached hydrogens (tertiary/aromatic N) is 1. The molecule has 0 N–H and O–H groups in total. The summed E-state index contributed by atoms with van der Waals surface area (Å²) in [6.45, 7) is 1.96. The first kappa shape index (κ1) is 8.78. The van der Waals surface area contributed by atoms with Crippen LogP contribution < -0.4 is 4.89 Å². The summed E-state index contributed by atoms with van der Waals surface area (Å²) in [5.74, 6) is 1.04. The van der Waals surface area contributed by atoms with Gasteiger partial charge in [0.15, 0.2) is 5.75 Å².